The Bertz CT molecular complexity index is 1610. The van der Waals surface area contributed by atoms with Crippen molar-refractivity contribution in [2.24, 2.45) is 0 Å². The normalized spacial score (nSPS) is 11.4. The van der Waals surface area contributed by atoms with Gasteiger partial charge in [-0.2, -0.15) is 23.5 Å². The number of amides is 1. The summed E-state index contributed by atoms with van der Waals surface area (Å²) in [5, 5.41) is 17.9. The maximum absolute atomic E-state index is 13.9. The molecule has 0 saturated carbocycles. The lowest BCUT2D eigenvalue weighted by atomic mass is 9.94. The third-order valence-corrected chi connectivity index (χ3v) is 5.66. The second-order valence-electron chi connectivity index (χ2n) is 7.36. The third kappa shape index (κ3) is 4.60. The molecule has 13 heteroatoms. The number of rotatable bonds is 4. The van der Waals surface area contributed by atoms with Gasteiger partial charge in [0.1, 0.15) is 17.7 Å². The Labute approximate surface area is 208 Å². The van der Waals surface area contributed by atoms with E-state index in [1.54, 1.807) is 6.07 Å². The zero-order valence-electron chi connectivity index (χ0n) is 17.4. The highest BCUT2D eigenvalue weighted by atomic mass is 35.5. The van der Waals surface area contributed by atoms with Crippen LogP contribution in [0.3, 0.4) is 0 Å². The molecule has 0 fully saturated rings. The first-order valence-electron chi connectivity index (χ1n) is 9.70. The highest BCUT2D eigenvalue weighted by Crippen LogP contribution is 2.36. The number of aromatic amines is 1. The van der Waals surface area contributed by atoms with Gasteiger partial charge in [-0.25, -0.2) is 8.78 Å². The number of nitriles is 1. The van der Waals surface area contributed by atoms with Crippen LogP contribution in [0.1, 0.15) is 37.4 Å². The average Bonchev–Trinajstić information content (AvgIpc) is 3.18. The van der Waals surface area contributed by atoms with Gasteiger partial charge in [-0.3, -0.25) is 14.7 Å². The van der Waals surface area contributed by atoms with E-state index in [1.165, 1.54) is 0 Å². The number of carbonyl (C=O) groups excluding carboxylic acids is 2. The number of aromatic nitrogens is 2. The molecule has 0 atom stereocenters. The van der Waals surface area contributed by atoms with Crippen molar-refractivity contribution in [1.29, 1.82) is 5.26 Å². The molecular weight excluding hydrogens is 530 g/mol. The molecule has 4 rings (SSSR count). The molecule has 0 radical (unpaired) electrons. The monoisotopic (exact) mass is 538 g/mol. The van der Waals surface area contributed by atoms with Crippen molar-refractivity contribution in [2.45, 2.75) is 6.18 Å². The van der Waals surface area contributed by atoms with Crippen molar-refractivity contribution >= 4 is 51.5 Å². The van der Waals surface area contributed by atoms with Crippen LogP contribution in [0, 0.1) is 23.0 Å². The maximum Gasteiger partial charge on any atom is 0.416 e. The molecule has 1 amide bonds. The van der Waals surface area contributed by atoms with Crippen molar-refractivity contribution in [2.75, 3.05) is 5.32 Å². The van der Waals surface area contributed by atoms with Gasteiger partial charge in [0, 0.05) is 11.1 Å². The Balaban J connectivity index is 1.91. The Morgan fingerprint density at radius 3 is 2.42 bits per heavy atom. The molecule has 0 spiro atoms. The highest BCUT2D eigenvalue weighted by Gasteiger charge is 2.32. The molecule has 1 aromatic heterocycles. The SMILES string of the molecule is N#Cc1c(C(=O)c2cc(F)ccc2Cl)c(NC(=O)c2cc(F)cc(C(F)(F)F)c2)cc2[nH]nc(Cl)c12. The first-order chi connectivity index (χ1) is 16.9. The van der Waals surface area contributed by atoms with Crippen LogP contribution in [0.4, 0.5) is 27.6 Å². The molecule has 0 aliphatic carbocycles. The number of nitrogens with one attached hydrogen (secondary N) is 2. The number of H-pyrrole nitrogens is 1. The van der Waals surface area contributed by atoms with E-state index in [2.05, 4.69) is 15.5 Å². The van der Waals surface area contributed by atoms with Crippen LogP contribution < -0.4 is 5.32 Å². The number of ketones is 1. The molecule has 0 unspecified atom stereocenters. The summed E-state index contributed by atoms with van der Waals surface area (Å²) in [6.45, 7) is 0. The Morgan fingerprint density at radius 2 is 1.75 bits per heavy atom. The molecular formula is C23H9Cl2F5N4O2. The van der Waals surface area contributed by atoms with Crippen molar-refractivity contribution in [1.82, 2.24) is 10.2 Å². The Hall–Kier alpha value is -4.01. The molecule has 0 saturated heterocycles. The van der Waals surface area contributed by atoms with Gasteiger partial charge >= 0.3 is 6.18 Å². The predicted octanol–water partition coefficient (Wildman–Crippen LogP) is 6.52. The lowest BCUT2D eigenvalue weighted by molar-refractivity contribution is -0.137. The number of benzene rings is 3. The second-order valence-corrected chi connectivity index (χ2v) is 8.12. The Morgan fingerprint density at radius 1 is 1.03 bits per heavy atom. The minimum Gasteiger partial charge on any atom is -0.321 e. The van der Waals surface area contributed by atoms with Gasteiger partial charge in [-0.15, -0.1) is 0 Å². The number of fused-ring (bicyclic) bond motifs is 1. The predicted molar refractivity (Wildman–Crippen MR) is 120 cm³/mol. The first-order valence-corrected chi connectivity index (χ1v) is 10.5. The van der Waals surface area contributed by atoms with Crippen molar-refractivity contribution in [3.63, 3.8) is 0 Å². The zero-order valence-corrected chi connectivity index (χ0v) is 18.9. The summed E-state index contributed by atoms with van der Waals surface area (Å²) >= 11 is 12.1. The lowest BCUT2D eigenvalue weighted by Gasteiger charge is -2.15. The fraction of sp³-hybridized carbons (Fsp3) is 0.0435. The summed E-state index contributed by atoms with van der Waals surface area (Å²) in [6, 6.07) is 7.02. The molecule has 36 heavy (non-hydrogen) atoms. The minimum atomic E-state index is -4.94. The first kappa shape index (κ1) is 25.1. The number of nitrogens with zero attached hydrogens (tertiary/aromatic N) is 2. The molecule has 6 nitrogen and oxygen atoms in total. The summed E-state index contributed by atoms with van der Waals surface area (Å²) in [5.41, 5.74) is -3.64. The average molecular weight is 539 g/mol. The van der Waals surface area contributed by atoms with E-state index in [4.69, 9.17) is 23.2 Å². The smallest absolute Gasteiger partial charge is 0.321 e. The van der Waals surface area contributed by atoms with E-state index in [-0.39, 0.29) is 44.0 Å². The molecule has 0 aliphatic rings. The Kier molecular flexibility index (Phi) is 6.43. The highest BCUT2D eigenvalue weighted by molar-refractivity contribution is 6.37. The fourth-order valence-electron chi connectivity index (χ4n) is 3.48. The van der Waals surface area contributed by atoms with E-state index in [0.29, 0.717) is 12.1 Å². The number of halogens is 7. The van der Waals surface area contributed by atoms with Gasteiger partial charge in [0.15, 0.2) is 10.9 Å². The summed E-state index contributed by atoms with van der Waals surface area (Å²) in [5.74, 6) is -4.38. The van der Waals surface area contributed by atoms with Crippen molar-refractivity contribution < 1.29 is 31.5 Å². The second kappa shape index (κ2) is 9.22. The largest absolute Gasteiger partial charge is 0.416 e. The summed E-state index contributed by atoms with van der Waals surface area (Å²) in [6.07, 6.45) is -4.94. The fourth-order valence-corrected chi connectivity index (χ4v) is 3.92. The molecule has 0 aliphatic heterocycles. The van der Waals surface area contributed by atoms with Crippen LogP contribution in [0.2, 0.25) is 10.2 Å². The molecule has 1 heterocycles. The van der Waals surface area contributed by atoms with E-state index < -0.39 is 46.2 Å². The van der Waals surface area contributed by atoms with Gasteiger partial charge in [-0.1, -0.05) is 23.2 Å². The number of hydrogen-bond acceptors (Lipinski definition) is 4. The lowest BCUT2D eigenvalue weighted by Crippen LogP contribution is -2.18. The molecule has 3 aromatic carbocycles. The number of alkyl halides is 3. The summed E-state index contributed by atoms with van der Waals surface area (Å²) < 4.78 is 67.0. The van der Waals surface area contributed by atoms with Crippen LogP contribution in [-0.4, -0.2) is 21.9 Å². The number of anilines is 1. The molecule has 182 valence electrons. The molecule has 2 N–H and O–H groups in total. The van der Waals surface area contributed by atoms with Gasteiger partial charge in [-0.05, 0) is 42.5 Å². The quantitative estimate of drug-likeness (QED) is 0.228. The van der Waals surface area contributed by atoms with E-state index in [0.717, 1.165) is 24.3 Å². The van der Waals surface area contributed by atoms with Gasteiger partial charge < -0.3 is 5.32 Å². The topological polar surface area (TPSA) is 98.6 Å². The van der Waals surface area contributed by atoms with E-state index >= 15 is 0 Å². The standard InChI is InChI=1S/C23H9Cl2F5N4O2/c24-15-2-1-11(26)6-13(15)20(35)18-14(8-31)19-17(33-34-21(19)25)7-16(18)32-22(36)9-3-10(23(28,29)30)5-12(27)4-9/h1-7H,(H,32,36)(H,33,34). The van der Waals surface area contributed by atoms with Gasteiger partial charge in [0.25, 0.3) is 5.91 Å². The maximum atomic E-state index is 13.9. The van der Waals surface area contributed by atoms with Crippen LogP contribution in [0.5, 0.6) is 0 Å². The summed E-state index contributed by atoms with van der Waals surface area (Å²) in [7, 11) is 0. The van der Waals surface area contributed by atoms with Gasteiger partial charge in [0.05, 0.1) is 38.3 Å². The zero-order chi connectivity index (χ0) is 26.4. The molecule has 4 aromatic rings. The minimum absolute atomic E-state index is 0.00171. The van der Waals surface area contributed by atoms with E-state index in [9.17, 15) is 36.8 Å². The van der Waals surface area contributed by atoms with Crippen LogP contribution in [-0.2, 0) is 6.18 Å². The van der Waals surface area contributed by atoms with Crippen molar-refractivity contribution in [3.05, 3.63) is 92.1 Å². The van der Waals surface area contributed by atoms with E-state index in [1.807, 2.05) is 0 Å². The molecule has 0 bridgehead atoms. The van der Waals surface area contributed by atoms with Gasteiger partial charge in [0.2, 0.25) is 0 Å². The van der Waals surface area contributed by atoms with Crippen molar-refractivity contribution in [3.8, 4) is 6.07 Å². The summed E-state index contributed by atoms with van der Waals surface area (Å²) in [4.78, 5) is 26.3. The third-order valence-electron chi connectivity index (χ3n) is 5.06. The number of hydrogen-bond donors (Lipinski definition) is 2. The van der Waals surface area contributed by atoms with Crippen LogP contribution >= 0.6 is 23.2 Å². The van der Waals surface area contributed by atoms with Crippen LogP contribution in [0.15, 0.2) is 42.5 Å². The van der Waals surface area contributed by atoms with Crippen LogP contribution in [0.25, 0.3) is 10.9 Å². The number of carbonyl (C=O) groups is 2.